The second-order valence-electron chi connectivity index (χ2n) is 3.19. The maximum atomic E-state index is 11.1. The van der Waals surface area contributed by atoms with E-state index in [2.05, 4.69) is 13.5 Å². The summed E-state index contributed by atoms with van der Waals surface area (Å²) < 4.78 is 0. The van der Waals surface area contributed by atoms with E-state index in [9.17, 15) is 4.79 Å². The fourth-order valence-electron chi connectivity index (χ4n) is 1.36. The Bertz CT molecular complexity index is 191. The Morgan fingerprint density at radius 3 is 3.09 bits per heavy atom. The lowest BCUT2D eigenvalue weighted by Gasteiger charge is -2.10. The van der Waals surface area contributed by atoms with E-state index in [1.54, 1.807) is 6.08 Å². The highest BCUT2D eigenvalue weighted by atomic mass is 16.1. The van der Waals surface area contributed by atoms with E-state index in [1.807, 2.05) is 12.2 Å². The second kappa shape index (κ2) is 3.51. The summed E-state index contributed by atoms with van der Waals surface area (Å²) in [6.45, 7) is 5.79. The van der Waals surface area contributed by atoms with Crippen molar-refractivity contribution in [1.29, 1.82) is 0 Å². The first-order valence-corrected chi connectivity index (χ1v) is 4.07. The van der Waals surface area contributed by atoms with Crippen LogP contribution >= 0.6 is 0 Å². The molecule has 0 aromatic rings. The minimum absolute atomic E-state index is 0.239. The van der Waals surface area contributed by atoms with E-state index in [0.29, 0.717) is 11.7 Å². The molecule has 0 spiro atoms. The van der Waals surface area contributed by atoms with Crippen LogP contribution in [0.5, 0.6) is 0 Å². The van der Waals surface area contributed by atoms with Crippen LogP contribution in [0.3, 0.4) is 0 Å². The van der Waals surface area contributed by atoms with E-state index in [1.165, 1.54) is 0 Å². The molecule has 1 aliphatic rings. The van der Waals surface area contributed by atoms with Crippen LogP contribution in [-0.2, 0) is 4.79 Å². The highest BCUT2D eigenvalue weighted by molar-refractivity contribution is 5.93. The molecular weight excluding hydrogens is 136 g/mol. The van der Waals surface area contributed by atoms with Gasteiger partial charge in [0.15, 0.2) is 5.78 Å². The van der Waals surface area contributed by atoms with Gasteiger partial charge in [0.2, 0.25) is 0 Å². The van der Waals surface area contributed by atoms with Gasteiger partial charge in [0.25, 0.3) is 0 Å². The number of ketones is 1. The third kappa shape index (κ3) is 2.04. The van der Waals surface area contributed by atoms with Crippen molar-refractivity contribution < 1.29 is 4.79 Å². The zero-order valence-electron chi connectivity index (χ0n) is 6.92. The van der Waals surface area contributed by atoms with Gasteiger partial charge in [0.1, 0.15) is 0 Å². The molecule has 0 aliphatic heterocycles. The summed E-state index contributed by atoms with van der Waals surface area (Å²) in [7, 11) is 0. The van der Waals surface area contributed by atoms with E-state index in [-0.39, 0.29) is 5.92 Å². The fraction of sp³-hybridized carbons (Fsp3) is 0.500. The SMILES string of the molecule is C=CC(C)CC1CC=CC1=O. The molecule has 0 aromatic carbocycles. The largest absolute Gasteiger partial charge is 0.295 e. The van der Waals surface area contributed by atoms with E-state index in [4.69, 9.17) is 0 Å². The topological polar surface area (TPSA) is 17.1 Å². The quantitative estimate of drug-likeness (QED) is 0.564. The molecule has 0 bridgehead atoms. The maximum Gasteiger partial charge on any atom is 0.158 e. The van der Waals surface area contributed by atoms with Gasteiger partial charge in [-0.3, -0.25) is 4.79 Å². The standard InChI is InChI=1S/C10H14O/c1-3-8(2)7-9-5-4-6-10(9)11/h3-4,6,8-9H,1,5,7H2,2H3. The monoisotopic (exact) mass is 150 g/mol. The van der Waals surface area contributed by atoms with Gasteiger partial charge in [-0.15, -0.1) is 6.58 Å². The van der Waals surface area contributed by atoms with Crippen molar-refractivity contribution in [3.05, 3.63) is 24.8 Å². The molecule has 0 fully saturated rings. The molecule has 1 rings (SSSR count). The lowest BCUT2D eigenvalue weighted by molar-refractivity contribution is -0.117. The lowest BCUT2D eigenvalue weighted by Crippen LogP contribution is -2.09. The molecule has 11 heavy (non-hydrogen) atoms. The Hall–Kier alpha value is -0.850. The molecule has 60 valence electrons. The van der Waals surface area contributed by atoms with Crippen LogP contribution in [0.2, 0.25) is 0 Å². The third-order valence-electron chi connectivity index (χ3n) is 2.16. The summed E-state index contributed by atoms with van der Waals surface area (Å²) in [5.41, 5.74) is 0. The molecule has 0 radical (unpaired) electrons. The highest BCUT2D eigenvalue weighted by Crippen LogP contribution is 2.22. The molecule has 0 heterocycles. The van der Waals surface area contributed by atoms with Gasteiger partial charge in [-0.25, -0.2) is 0 Å². The normalized spacial score (nSPS) is 25.5. The molecule has 2 atom stereocenters. The average molecular weight is 150 g/mol. The Balaban J connectivity index is 2.39. The maximum absolute atomic E-state index is 11.1. The first kappa shape index (κ1) is 8.25. The molecule has 1 aliphatic carbocycles. The molecule has 0 aromatic heterocycles. The van der Waals surface area contributed by atoms with Crippen LogP contribution in [-0.4, -0.2) is 5.78 Å². The molecule has 0 amide bonds. The lowest BCUT2D eigenvalue weighted by atomic mass is 9.93. The number of allylic oxidation sites excluding steroid dienone is 3. The smallest absolute Gasteiger partial charge is 0.158 e. The van der Waals surface area contributed by atoms with Crippen LogP contribution in [0, 0.1) is 11.8 Å². The molecule has 1 heteroatoms. The molecule has 0 saturated carbocycles. The number of hydrogen-bond acceptors (Lipinski definition) is 1. The van der Waals surface area contributed by atoms with Crippen molar-refractivity contribution in [2.45, 2.75) is 19.8 Å². The predicted octanol–water partition coefficient (Wildman–Crippen LogP) is 2.34. The van der Waals surface area contributed by atoms with Gasteiger partial charge in [-0.1, -0.05) is 19.1 Å². The van der Waals surface area contributed by atoms with Crippen LogP contribution in [0.25, 0.3) is 0 Å². The average Bonchev–Trinajstić information content (AvgIpc) is 2.37. The van der Waals surface area contributed by atoms with E-state index >= 15 is 0 Å². The van der Waals surface area contributed by atoms with Gasteiger partial charge in [0, 0.05) is 5.92 Å². The van der Waals surface area contributed by atoms with E-state index < -0.39 is 0 Å². The summed E-state index contributed by atoms with van der Waals surface area (Å²) in [5, 5.41) is 0. The molecule has 2 unspecified atom stereocenters. The van der Waals surface area contributed by atoms with E-state index in [0.717, 1.165) is 12.8 Å². The van der Waals surface area contributed by atoms with Crippen LogP contribution in [0.4, 0.5) is 0 Å². The first-order chi connectivity index (χ1) is 5.24. The van der Waals surface area contributed by atoms with Crippen molar-refractivity contribution in [2.24, 2.45) is 11.8 Å². The Labute approximate surface area is 67.8 Å². The third-order valence-corrected chi connectivity index (χ3v) is 2.16. The molecular formula is C10H14O. The molecule has 1 nitrogen and oxygen atoms in total. The van der Waals surface area contributed by atoms with Crippen molar-refractivity contribution in [2.75, 3.05) is 0 Å². The Morgan fingerprint density at radius 1 is 1.91 bits per heavy atom. The van der Waals surface area contributed by atoms with Crippen molar-refractivity contribution in [3.8, 4) is 0 Å². The van der Waals surface area contributed by atoms with Crippen LogP contribution < -0.4 is 0 Å². The summed E-state index contributed by atoms with van der Waals surface area (Å²) in [5.74, 6) is 0.991. The van der Waals surface area contributed by atoms with Gasteiger partial charge in [0.05, 0.1) is 0 Å². The summed E-state index contributed by atoms with van der Waals surface area (Å²) >= 11 is 0. The van der Waals surface area contributed by atoms with Crippen molar-refractivity contribution in [1.82, 2.24) is 0 Å². The number of carbonyl (C=O) groups is 1. The number of hydrogen-bond donors (Lipinski definition) is 0. The van der Waals surface area contributed by atoms with Crippen molar-refractivity contribution >= 4 is 5.78 Å². The molecule has 0 N–H and O–H groups in total. The predicted molar refractivity (Wildman–Crippen MR) is 46.2 cm³/mol. The highest BCUT2D eigenvalue weighted by Gasteiger charge is 2.20. The fourth-order valence-corrected chi connectivity index (χ4v) is 1.36. The summed E-state index contributed by atoms with van der Waals surface area (Å²) in [6, 6.07) is 0. The Morgan fingerprint density at radius 2 is 2.64 bits per heavy atom. The summed E-state index contributed by atoms with van der Waals surface area (Å²) in [6.07, 6.45) is 7.45. The summed E-state index contributed by atoms with van der Waals surface area (Å²) in [4.78, 5) is 11.1. The minimum atomic E-state index is 0.239. The number of carbonyl (C=O) groups excluding carboxylic acids is 1. The zero-order chi connectivity index (χ0) is 8.27. The molecule has 0 saturated heterocycles. The van der Waals surface area contributed by atoms with Gasteiger partial charge < -0.3 is 0 Å². The van der Waals surface area contributed by atoms with Gasteiger partial charge >= 0.3 is 0 Å². The number of rotatable bonds is 3. The first-order valence-electron chi connectivity index (χ1n) is 4.07. The minimum Gasteiger partial charge on any atom is -0.295 e. The van der Waals surface area contributed by atoms with Crippen molar-refractivity contribution in [3.63, 3.8) is 0 Å². The van der Waals surface area contributed by atoms with Gasteiger partial charge in [-0.2, -0.15) is 0 Å². The van der Waals surface area contributed by atoms with Crippen LogP contribution in [0.15, 0.2) is 24.8 Å². The Kier molecular flexibility index (Phi) is 2.64. The van der Waals surface area contributed by atoms with Crippen LogP contribution in [0.1, 0.15) is 19.8 Å². The second-order valence-corrected chi connectivity index (χ2v) is 3.19. The zero-order valence-corrected chi connectivity index (χ0v) is 6.92. The van der Waals surface area contributed by atoms with Gasteiger partial charge in [-0.05, 0) is 24.8 Å².